The van der Waals surface area contributed by atoms with Crippen LogP contribution < -0.4 is 0 Å². The molecule has 0 aromatic heterocycles. The molecule has 0 N–H and O–H groups in total. The number of benzene rings is 2. The van der Waals surface area contributed by atoms with Crippen molar-refractivity contribution < 1.29 is 27.9 Å². The summed E-state index contributed by atoms with van der Waals surface area (Å²) in [6, 6.07) is 14.0. The standard InChI is InChI=1S/C16H14BrF2O4PS/c17-15-8-12(6-7-14(15)9-24(21,22-18)23-19)10-25-11-16(20)13-4-2-1-3-5-13/h1-8H,9-11H2. The molecule has 2 aromatic rings. The van der Waals surface area contributed by atoms with E-state index in [1.54, 1.807) is 30.3 Å². The molecule has 0 bridgehead atoms. The van der Waals surface area contributed by atoms with E-state index in [9.17, 15) is 18.4 Å². The zero-order valence-corrected chi connectivity index (χ0v) is 16.2. The van der Waals surface area contributed by atoms with Crippen LogP contribution in [0.2, 0.25) is 0 Å². The molecule has 0 saturated heterocycles. The van der Waals surface area contributed by atoms with Gasteiger partial charge >= 0.3 is 7.60 Å². The molecule has 2 aromatic carbocycles. The highest BCUT2D eigenvalue weighted by Crippen LogP contribution is 2.53. The van der Waals surface area contributed by atoms with Crippen LogP contribution in [0.1, 0.15) is 21.5 Å². The zero-order chi connectivity index (χ0) is 18.3. The van der Waals surface area contributed by atoms with Crippen molar-refractivity contribution in [1.29, 1.82) is 0 Å². The quantitative estimate of drug-likeness (QED) is 0.343. The van der Waals surface area contributed by atoms with Crippen molar-refractivity contribution in [2.24, 2.45) is 0 Å². The van der Waals surface area contributed by atoms with E-state index in [0.29, 0.717) is 27.1 Å². The molecule has 0 atom stereocenters. The number of halogens is 3. The first-order chi connectivity index (χ1) is 12.0. The van der Waals surface area contributed by atoms with Gasteiger partial charge < -0.3 is 0 Å². The van der Waals surface area contributed by atoms with Gasteiger partial charge in [-0.25, -0.2) is 0 Å². The Labute approximate surface area is 156 Å². The van der Waals surface area contributed by atoms with Gasteiger partial charge in [-0.3, -0.25) is 9.36 Å². The average Bonchev–Trinajstić information content (AvgIpc) is 2.64. The molecule has 2 rings (SSSR count). The second-order valence-corrected chi connectivity index (χ2v) is 8.77. The van der Waals surface area contributed by atoms with Gasteiger partial charge in [0.25, 0.3) is 0 Å². The maximum absolute atomic E-state index is 12.1. The Kier molecular flexibility index (Phi) is 7.78. The molecule has 0 saturated carbocycles. The number of carbonyl (C=O) groups excluding carboxylic acids is 1. The van der Waals surface area contributed by atoms with Crippen LogP contribution in [0.25, 0.3) is 0 Å². The Morgan fingerprint density at radius 1 is 1.12 bits per heavy atom. The van der Waals surface area contributed by atoms with Crippen LogP contribution in [0, 0.1) is 0 Å². The lowest BCUT2D eigenvalue weighted by atomic mass is 10.2. The summed E-state index contributed by atoms with van der Waals surface area (Å²) >= 11 is 4.71. The second kappa shape index (κ2) is 9.59. The number of rotatable bonds is 9. The summed E-state index contributed by atoms with van der Waals surface area (Å²) in [7, 11) is -4.43. The molecule has 0 fully saturated rings. The van der Waals surface area contributed by atoms with Gasteiger partial charge in [-0.05, 0) is 26.2 Å². The average molecular weight is 451 g/mol. The highest BCUT2D eigenvalue weighted by atomic mass is 79.9. The number of Topliss-reactive ketones (excluding diaryl/α,β-unsaturated/α-hetero) is 1. The molecule has 0 radical (unpaired) electrons. The summed E-state index contributed by atoms with van der Waals surface area (Å²) < 4.78 is 42.5. The van der Waals surface area contributed by atoms with E-state index in [1.807, 2.05) is 18.2 Å². The molecule has 0 heterocycles. The van der Waals surface area contributed by atoms with E-state index in [4.69, 9.17) is 0 Å². The number of thioether (sulfide) groups is 1. The van der Waals surface area contributed by atoms with Crippen LogP contribution in [-0.4, -0.2) is 11.5 Å². The third kappa shape index (κ3) is 6.01. The summed E-state index contributed by atoms with van der Waals surface area (Å²) in [4.78, 5) is 12.0. The Bertz CT molecular complexity index is 768. The lowest BCUT2D eigenvalue weighted by Gasteiger charge is -2.10. The summed E-state index contributed by atoms with van der Waals surface area (Å²) in [6.45, 7) is 0. The van der Waals surface area contributed by atoms with E-state index < -0.39 is 13.8 Å². The first kappa shape index (κ1) is 20.3. The minimum atomic E-state index is -4.43. The first-order valence-corrected chi connectivity index (χ1v) is 10.8. The molecule has 134 valence electrons. The van der Waals surface area contributed by atoms with Crippen molar-refractivity contribution in [2.75, 3.05) is 5.75 Å². The van der Waals surface area contributed by atoms with Crippen LogP contribution >= 0.6 is 35.3 Å². The van der Waals surface area contributed by atoms with Crippen molar-refractivity contribution in [3.8, 4) is 0 Å². The van der Waals surface area contributed by atoms with Crippen molar-refractivity contribution in [3.63, 3.8) is 0 Å². The predicted molar refractivity (Wildman–Crippen MR) is 96.8 cm³/mol. The molecule has 0 aliphatic rings. The van der Waals surface area contributed by atoms with E-state index in [0.717, 1.165) is 5.56 Å². The molecular weight excluding hydrogens is 437 g/mol. The second-order valence-electron chi connectivity index (χ2n) is 5.11. The molecule has 0 spiro atoms. The molecule has 0 unspecified atom stereocenters. The lowest BCUT2D eigenvalue weighted by molar-refractivity contribution is -0.0881. The first-order valence-electron chi connectivity index (χ1n) is 7.10. The van der Waals surface area contributed by atoms with Crippen LogP contribution in [0.4, 0.5) is 9.05 Å². The van der Waals surface area contributed by atoms with Gasteiger partial charge in [-0.2, -0.15) is 0 Å². The SMILES string of the molecule is O=C(CSCc1ccc(CP(=O)(OF)OF)c(Br)c1)c1ccccc1. The maximum atomic E-state index is 12.1. The lowest BCUT2D eigenvalue weighted by Crippen LogP contribution is -2.02. The summed E-state index contributed by atoms with van der Waals surface area (Å²) in [5.41, 5.74) is 1.95. The third-order valence-corrected chi connectivity index (χ3v) is 6.18. The van der Waals surface area contributed by atoms with Gasteiger partial charge in [0.2, 0.25) is 0 Å². The van der Waals surface area contributed by atoms with Crippen molar-refractivity contribution in [3.05, 3.63) is 69.7 Å². The van der Waals surface area contributed by atoms with Crippen LogP contribution in [0.15, 0.2) is 53.0 Å². The topological polar surface area (TPSA) is 52.6 Å². The molecular formula is C16H14BrF2O4PS. The monoisotopic (exact) mass is 450 g/mol. The van der Waals surface area contributed by atoms with Crippen LogP contribution in [-0.2, 0) is 25.9 Å². The maximum Gasteiger partial charge on any atom is 0.399 e. The van der Waals surface area contributed by atoms with Gasteiger partial charge in [-0.15, -0.1) is 21.2 Å². The molecule has 0 aliphatic heterocycles. The fourth-order valence-electron chi connectivity index (χ4n) is 2.05. The summed E-state index contributed by atoms with van der Waals surface area (Å²) in [6.07, 6.45) is -0.541. The third-order valence-electron chi connectivity index (χ3n) is 3.29. The fourth-order valence-corrected chi connectivity index (χ4v) is 4.51. The summed E-state index contributed by atoms with van der Waals surface area (Å²) in [5.74, 6) is 0.959. The highest BCUT2D eigenvalue weighted by Gasteiger charge is 2.29. The van der Waals surface area contributed by atoms with Gasteiger partial charge in [0.05, 0.1) is 11.9 Å². The number of carbonyl (C=O) groups is 1. The van der Waals surface area contributed by atoms with Crippen LogP contribution in [0.3, 0.4) is 0 Å². The Morgan fingerprint density at radius 2 is 1.80 bits per heavy atom. The molecule has 0 aliphatic carbocycles. The Morgan fingerprint density at radius 3 is 2.40 bits per heavy atom. The van der Waals surface area contributed by atoms with Crippen LogP contribution in [0.5, 0.6) is 0 Å². The smallest absolute Gasteiger partial charge is 0.293 e. The number of hydrogen-bond acceptors (Lipinski definition) is 5. The van der Waals surface area contributed by atoms with Crippen molar-refractivity contribution in [2.45, 2.75) is 11.9 Å². The van der Waals surface area contributed by atoms with E-state index in [2.05, 4.69) is 25.4 Å². The summed E-state index contributed by atoms with van der Waals surface area (Å²) in [5, 5.41) is 0. The van der Waals surface area contributed by atoms with Gasteiger partial charge in [0.1, 0.15) is 0 Å². The predicted octanol–water partition coefficient (Wildman–Crippen LogP) is 6.06. The zero-order valence-electron chi connectivity index (χ0n) is 12.9. The van der Waals surface area contributed by atoms with Crippen molar-refractivity contribution in [1.82, 2.24) is 0 Å². The molecule has 25 heavy (non-hydrogen) atoms. The van der Waals surface area contributed by atoms with E-state index >= 15 is 0 Å². The number of ketones is 1. The normalized spacial score (nSPS) is 11.5. The molecule has 9 heteroatoms. The Hall–Kier alpha value is -1.05. The molecule has 0 amide bonds. The van der Waals surface area contributed by atoms with Gasteiger partial charge in [0.15, 0.2) is 5.78 Å². The minimum absolute atomic E-state index is 0.0439. The van der Waals surface area contributed by atoms with E-state index in [1.165, 1.54) is 11.8 Å². The molecule has 4 nitrogen and oxygen atoms in total. The Balaban J connectivity index is 1.92. The number of hydrogen-bond donors (Lipinski definition) is 0. The van der Waals surface area contributed by atoms with Gasteiger partial charge in [0, 0.05) is 15.8 Å². The highest BCUT2D eigenvalue weighted by molar-refractivity contribution is 9.10. The van der Waals surface area contributed by atoms with Gasteiger partial charge in [-0.1, -0.05) is 58.4 Å². The fraction of sp³-hybridized carbons (Fsp3) is 0.188. The largest absolute Gasteiger partial charge is 0.399 e. The van der Waals surface area contributed by atoms with Crippen molar-refractivity contribution >= 4 is 41.1 Å². The minimum Gasteiger partial charge on any atom is -0.293 e. The van der Waals surface area contributed by atoms with E-state index in [-0.39, 0.29) is 5.78 Å².